The number of ether oxygens (including phenoxy) is 1. The number of aromatic nitrogens is 1. The molecule has 1 saturated heterocycles. The molecule has 3 amide bonds. The number of benzene rings is 1. The highest BCUT2D eigenvalue weighted by Gasteiger charge is 2.39. The number of rotatable bonds is 5. The number of amides is 3. The monoisotopic (exact) mass is 453 g/mol. The highest BCUT2D eigenvalue weighted by molar-refractivity contribution is 5.96. The van der Waals surface area contributed by atoms with Crippen molar-refractivity contribution in [3.05, 3.63) is 23.4 Å². The van der Waals surface area contributed by atoms with Crippen molar-refractivity contribution in [1.82, 2.24) is 15.4 Å². The first-order valence-electron chi connectivity index (χ1n) is 11.0. The molecule has 0 bridgehead atoms. The summed E-state index contributed by atoms with van der Waals surface area (Å²) in [6.45, 7) is 2.25. The smallest absolute Gasteiger partial charge is 0.437 e. The summed E-state index contributed by atoms with van der Waals surface area (Å²) in [6.07, 6.45) is 0.730. The summed E-state index contributed by atoms with van der Waals surface area (Å²) in [5.41, 5.74) is -0.407. The van der Waals surface area contributed by atoms with Gasteiger partial charge in [0, 0.05) is 18.5 Å². The van der Waals surface area contributed by atoms with Crippen LogP contribution in [0.3, 0.4) is 0 Å². The number of hydrogen-bond acceptors (Lipinski definition) is 5. The van der Waals surface area contributed by atoms with Gasteiger partial charge in [0.15, 0.2) is 11.3 Å². The van der Waals surface area contributed by atoms with E-state index in [1.807, 2.05) is 6.92 Å². The second kappa shape index (κ2) is 8.99. The summed E-state index contributed by atoms with van der Waals surface area (Å²) < 4.78 is 51.4. The van der Waals surface area contributed by atoms with Gasteiger partial charge in [0.25, 0.3) is 0 Å². The average Bonchev–Trinajstić information content (AvgIpc) is 3.05. The van der Waals surface area contributed by atoms with E-state index in [-0.39, 0.29) is 35.4 Å². The minimum atomic E-state index is -4.61. The van der Waals surface area contributed by atoms with E-state index in [4.69, 9.17) is 9.26 Å². The van der Waals surface area contributed by atoms with Gasteiger partial charge in [0.05, 0.1) is 11.4 Å². The van der Waals surface area contributed by atoms with Crippen LogP contribution in [0.5, 0.6) is 5.75 Å². The van der Waals surface area contributed by atoms with Crippen LogP contribution in [0.25, 0.3) is 11.0 Å². The molecule has 1 N–H and O–H groups in total. The number of carbonyl (C=O) groups excluding carboxylic acids is 2. The summed E-state index contributed by atoms with van der Waals surface area (Å²) in [4.78, 5) is 25.7. The standard InChI is InChI=1S/C22H26F3N3O4/c1-2-6-13-16(10-9-14-19(13)32-27-20(14)22(23,24)25)31-17-8-5-3-4-7-15(17)28-12-11-18(29)26-21(28)30/h9-10,15,17H,2-8,11-12H2,1H3,(H,26,29,30). The van der Waals surface area contributed by atoms with Gasteiger partial charge in [-0.1, -0.05) is 31.3 Å². The molecule has 0 spiro atoms. The quantitative estimate of drug-likeness (QED) is 0.656. The average molecular weight is 453 g/mol. The van der Waals surface area contributed by atoms with E-state index in [1.54, 1.807) is 11.0 Å². The van der Waals surface area contributed by atoms with Crippen molar-refractivity contribution in [2.75, 3.05) is 6.54 Å². The number of halogens is 3. The minimum absolute atomic E-state index is 0.0837. The number of urea groups is 1. The largest absolute Gasteiger partial charge is 0.488 e. The molecule has 2 unspecified atom stereocenters. The fraction of sp³-hybridized carbons (Fsp3) is 0.591. The highest BCUT2D eigenvalue weighted by Crippen LogP contribution is 2.39. The zero-order chi connectivity index (χ0) is 22.9. The molecular formula is C22H26F3N3O4. The Labute approximate surface area is 183 Å². The normalized spacial score (nSPS) is 22.7. The Morgan fingerprint density at radius 2 is 2.00 bits per heavy atom. The van der Waals surface area contributed by atoms with Gasteiger partial charge in [0.1, 0.15) is 11.9 Å². The zero-order valence-electron chi connectivity index (χ0n) is 17.8. The third-order valence-electron chi connectivity index (χ3n) is 6.15. The van der Waals surface area contributed by atoms with Crippen LogP contribution in [0.1, 0.15) is 63.1 Å². The fourth-order valence-electron chi connectivity index (χ4n) is 4.65. The summed E-state index contributed by atoms with van der Waals surface area (Å²) in [5.74, 6) is 0.161. The van der Waals surface area contributed by atoms with Crippen molar-refractivity contribution >= 4 is 22.9 Å². The Hall–Kier alpha value is -2.78. The summed E-state index contributed by atoms with van der Waals surface area (Å²) >= 11 is 0. The molecule has 2 heterocycles. The third-order valence-corrected chi connectivity index (χ3v) is 6.15. The molecule has 10 heteroatoms. The van der Waals surface area contributed by atoms with Gasteiger partial charge in [-0.25, -0.2) is 4.79 Å². The predicted octanol–water partition coefficient (Wildman–Crippen LogP) is 4.82. The maximum Gasteiger partial charge on any atom is 0.437 e. The first kappa shape index (κ1) is 22.4. The third kappa shape index (κ3) is 4.40. The molecule has 2 atom stereocenters. The molecule has 1 aliphatic carbocycles. The number of alkyl halides is 3. The SMILES string of the molecule is CCCc1c(OC2CCCCCC2N2CCC(=O)NC2=O)ccc2c(C(F)(F)F)noc12. The Bertz CT molecular complexity index is 1000. The topological polar surface area (TPSA) is 84.7 Å². The van der Waals surface area contributed by atoms with Crippen LogP contribution in [-0.2, 0) is 17.4 Å². The molecule has 7 nitrogen and oxygen atoms in total. The lowest BCUT2D eigenvalue weighted by molar-refractivity contribution is -0.141. The number of imide groups is 1. The molecule has 1 aromatic heterocycles. The number of aryl methyl sites for hydroxylation is 1. The van der Waals surface area contributed by atoms with Crippen LogP contribution in [0.2, 0.25) is 0 Å². The molecular weight excluding hydrogens is 427 g/mol. The molecule has 1 saturated carbocycles. The second-order valence-corrected chi connectivity index (χ2v) is 8.36. The Morgan fingerprint density at radius 3 is 2.72 bits per heavy atom. The van der Waals surface area contributed by atoms with Gasteiger partial charge in [-0.3, -0.25) is 10.1 Å². The molecule has 174 valence electrons. The maximum absolute atomic E-state index is 13.3. The lowest BCUT2D eigenvalue weighted by atomic mass is 10.0. The molecule has 2 fully saturated rings. The lowest BCUT2D eigenvalue weighted by Crippen LogP contribution is -2.57. The molecule has 2 aliphatic rings. The number of carbonyl (C=O) groups is 2. The molecule has 32 heavy (non-hydrogen) atoms. The highest BCUT2D eigenvalue weighted by atomic mass is 19.4. The molecule has 0 radical (unpaired) electrons. The van der Waals surface area contributed by atoms with Gasteiger partial charge in [-0.2, -0.15) is 13.2 Å². The van der Waals surface area contributed by atoms with Crippen LogP contribution in [0, 0.1) is 0 Å². The maximum atomic E-state index is 13.3. The van der Waals surface area contributed by atoms with E-state index < -0.39 is 17.9 Å². The first-order valence-corrected chi connectivity index (χ1v) is 11.0. The van der Waals surface area contributed by atoms with Gasteiger partial charge in [-0.15, -0.1) is 0 Å². The van der Waals surface area contributed by atoms with Gasteiger partial charge < -0.3 is 14.2 Å². The van der Waals surface area contributed by atoms with Crippen molar-refractivity contribution in [2.24, 2.45) is 0 Å². The fourth-order valence-corrected chi connectivity index (χ4v) is 4.65. The Morgan fingerprint density at radius 1 is 1.22 bits per heavy atom. The van der Waals surface area contributed by atoms with Crippen LogP contribution >= 0.6 is 0 Å². The van der Waals surface area contributed by atoms with Crippen molar-refractivity contribution in [3.63, 3.8) is 0 Å². The Kier molecular flexibility index (Phi) is 6.30. The lowest BCUT2D eigenvalue weighted by Gasteiger charge is -2.38. The van der Waals surface area contributed by atoms with Crippen LogP contribution in [-0.4, -0.2) is 40.7 Å². The van der Waals surface area contributed by atoms with Crippen molar-refractivity contribution in [2.45, 2.75) is 76.6 Å². The summed E-state index contributed by atoms with van der Waals surface area (Å²) in [5, 5.41) is 5.55. The Balaban J connectivity index is 1.67. The zero-order valence-corrected chi connectivity index (χ0v) is 17.8. The van der Waals surface area contributed by atoms with E-state index in [0.717, 1.165) is 25.7 Å². The summed E-state index contributed by atoms with van der Waals surface area (Å²) in [7, 11) is 0. The first-order chi connectivity index (χ1) is 15.3. The van der Waals surface area contributed by atoms with Crippen LogP contribution in [0.4, 0.5) is 18.0 Å². The van der Waals surface area contributed by atoms with Gasteiger partial charge in [-0.05, 0) is 37.8 Å². The second-order valence-electron chi connectivity index (χ2n) is 8.36. The van der Waals surface area contributed by atoms with Crippen molar-refractivity contribution < 1.29 is 32.0 Å². The molecule has 4 rings (SSSR count). The van der Waals surface area contributed by atoms with E-state index in [9.17, 15) is 22.8 Å². The predicted molar refractivity (Wildman–Crippen MR) is 109 cm³/mol. The number of fused-ring (bicyclic) bond motifs is 1. The minimum Gasteiger partial charge on any atom is -0.488 e. The molecule has 1 aliphatic heterocycles. The van der Waals surface area contributed by atoms with Crippen LogP contribution < -0.4 is 10.1 Å². The number of nitrogens with one attached hydrogen (secondary N) is 1. The molecule has 1 aromatic carbocycles. The number of hydrogen-bond donors (Lipinski definition) is 1. The molecule has 2 aromatic rings. The van der Waals surface area contributed by atoms with Gasteiger partial charge in [0.2, 0.25) is 5.91 Å². The number of nitrogens with zero attached hydrogens (tertiary/aromatic N) is 2. The van der Waals surface area contributed by atoms with Crippen molar-refractivity contribution in [3.8, 4) is 5.75 Å². The van der Waals surface area contributed by atoms with E-state index >= 15 is 0 Å². The van der Waals surface area contributed by atoms with E-state index in [2.05, 4.69) is 10.5 Å². The van der Waals surface area contributed by atoms with E-state index in [0.29, 0.717) is 37.1 Å². The van der Waals surface area contributed by atoms with Gasteiger partial charge >= 0.3 is 12.2 Å². The van der Waals surface area contributed by atoms with Crippen molar-refractivity contribution in [1.29, 1.82) is 0 Å². The van der Waals surface area contributed by atoms with Crippen LogP contribution in [0.15, 0.2) is 16.7 Å². The van der Waals surface area contributed by atoms with E-state index in [1.165, 1.54) is 6.07 Å². The summed E-state index contributed by atoms with van der Waals surface area (Å²) in [6, 6.07) is 2.23.